The molecule has 0 amide bonds. The van der Waals surface area contributed by atoms with Gasteiger partial charge in [-0.1, -0.05) is 95.2 Å². The molecule has 6 nitrogen and oxygen atoms in total. The number of carbonyl (C=O) groups excluding carboxylic acids is 2. The molecule has 0 unspecified atom stereocenters. The molecule has 0 radical (unpaired) electrons. The Bertz CT molecular complexity index is 1960. The van der Waals surface area contributed by atoms with Crippen molar-refractivity contribution < 1.29 is 9.59 Å². The predicted octanol–water partition coefficient (Wildman–Crippen LogP) is 15.4. The van der Waals surface area contributed by atoms with Crippen molar-refractivity contribution in [3.63, 3.8) is 0 Å². The smallest absolute Gasteiger partial charge is 0.186 e. The van der Waals surface area contributed by atoms with Gasteiger partial charge in [-0.25, -0.2) is 0 Å². The lowest BCUT2D eigenvalue weighted by Crippen LogP contribution is -2.27. The van der Waals surface area contributed by atoms with Crippen LogP contribution in [-0.2, 0) is 9.59 Å². The highest BCUT2D eigenvalue weighted by atomic mass is 79.9. The van der Waals surface area contributed by atoms with Crippen LogP contribution in [0.2, 0.25) is 0 Å². The lowest BCUT2D eigenvalue weighted by atomic mass is 9.72. The second kappa shape index (κ2) is 15.6. The topological polar surface area (TPSA) is 83.6 Å². The molecular formula is C42H46Br4N4O2. The number of carbonyl (C=O) groups is 2. The number of rotatable bonds is 5. The van der Waals surface area contributed by atoms with Crippen LogP contribution in [-0.4, -0.2) is 11.6 Å². The predicted molar refractivity (Wildman–Crippen MR) is 228 cm³/mol. The SMILES string of the molecule is CC(C)(C)C1=CC(=CN=Nc2ccc(-c3c(Br)c(Br)c(N=NC=C4C=C(C(C)(C)C)C(=O)C(C(C)(C)C)=C4)c(Br)c3Br)cc2)C=C(C(C)(C)C)C1=O. The molecule has 0 spiro atoms. The number of benzene rings is 2. The van der Waals surface area contributed by atoms with Gasteiger partial charge in [0.2, 0.25) is 0 Å². The molecule has 0 bridgehead atoms. The Morgan fingerprint density at radius 1 is 0.481 bits per heavy atom. The van der Waals surface area contributed by atoms with Crippen LogP contribution in [0.15, 0.2) is 133 Å². The number of hydrogen-bond donors (Lipinski definition) is 0. The maximum Gasteiger partial charge on any atom is 0.186 e. The van der Waals surface area contributed by atoms with Gasteiger partial charge in [0, 0.05) is 36.8 Å². The van der Waals surface area contributed by atoms with E-state index in [9.17, 15) is 9.59 Å². The molecule has 2 aliphatic rings. The van der Waals surface area contributed by atoms with Gasteiger partial charge in [0.1, 0.15) is 5.69 Å². The van der Waals surface area contributed by atoms with Crippen LogP contribution in [0.5, 0.6) is 0 Å². The Morgan fingerprint density at radius 3 is 1.13 bits per heavy atom. The van der Waals surface area contributed by atoms with Crippen molar-refractivity contribution in [2.45, 2.75) is 83.1 Å². The highest BCUT2D eigenvalue weighted by Crippen LogP contribution is 2.50. The molecule has 2 aromatic rings. The Labute approximate surface area is 342 Å². The van der Waals surface area contributed by atoms with Crippen molar-refractivity contribution in [2.24, 2.45) is 42.1 Å². The van der Waals surface area contributed by atoms with Gasteiger partial charge in [-0.3, -0.25) is 9.59 Å². The van der Waals surface area contributed by atoms with E-state index >= 15 is 0 Å². The Kier molecular flexibility index (Phi) is 12.6. The van der Waals surface area contributed by atoms with Gasteiger partial charge in [0.05, 0.1) is 27.0 Å². The van der Waals surface area contributed by atoms with E-state index in [4.69, 9.17) is 0 Å². The standard InChI is InChI=1S/C42H46Br4N4O2/c1-39(2,3)27-17-23(18-28(37(27)51)40(4,5)6)21-47-49-26-15-13-25(14-16-26)31-32(43)34(45)36(35(46)33(31)44)50-48-22-24-19-29(41(7,8)9)38(52)30(20-24)42(10,11)12/h13-22H,1-12H3. The summed E-state index contributed by atoms with van der Waals surface area (Å²) in [4.78, 5) is 26.6. The number of halogens is 4. The monoisotopic (exact) mass is 954 g/mol. The Balaban J connectivity index is 1.63. The zero-order valence-corrected chi connectivity index (χ0v) is 38.2. The van der Waals surface area contributed by atoms with E-state index in [0.29, 0.717) is 11.4 Å². The van der Waals surface area contributed by atoms with E-state index in [0.717, 1.165) is 62.5 Å². The van der Waals surface area contributed by atoms with Crippen molar-refractivity contribution in [3.05, 3.63) is 112 Å². The van der Waals surface area contributed by atoms with Crippen molar-refractivity contribution in [1.82, 2.24) is 0 Å². The first-order valence-corrected chi connectivity index (χ1v) is 20.2. The second-order valence-electron chi connectivity index (χ2n) is 17.1. The summed E-state index contributed by atoms with van der Waals surface area (Å²) >= 11 is 15.0. The molecule has 0 saturated carbocycles. The van der Waals surface area contributed by atoms with E-state index in [1.165, 1.54) is 0 Å². The van der Waals surface area contributed by atoms with Crippen molar-refractivity contribution in [1.29, 1.82) is 0 Å². The summed E-state index contributed by atoms with van der Waals surface area (Å²) in [5, 5.41) is 17.8. The van der Waals surface area contributed by atoms with Crippen LogP contribution in [0.3, 0.4) is 0 Å². The normalized spacial score (nSPS) is 16.4. The van der Waals surface area contributed by atoms with Gasteiger partial charge in [-0.2, -0.15) is 15.3 Å². The molecule has 2 aromatic carbocycles. The van der Waals surface area contributed by atoms with E-state index in [2.05, 4.69) is 126 Å². The average molecular weight is 958 g/mol. The quantitative estimate of drug-likeness (QED) is 0.221. The van der Waals surface area contributed by atoms with Crippen molar-refractivity contribution >= 4 is 86.7 Å². The Hall–Kier alpha value is -2.66. The third-order valence-corrected chi connectivity index (χ3v) is 12.8. The summed E-state index contributed by atoms with van der Waals surface area (Å²) < 4.78 is 3.04. The molecule has 2 aliphatic carbocycles. The maximum absolute atomic E-state index is 13.3. The van der Waals surface area contributed by atoms with Crippen LogP contribution >= 0.6 is 63.7 Å². The molecule has 0 N–H and O–H groups in total. The number of ketones is 2. The largest absolute Gasteiger partial charge is 0.289 e. The minimum Gasteiger partial charge on any atom is -0.289 e. The molecule has 0 aromatic heterocycles. The summed E-state index contributed by atoms with van der Waals surface area (Å²) in [6, 6.07) is 7.77. The fourth-order valence-corrected chi connectivity index (χ4v) is 8.36. The summed E-state index contributed by atoms with van der Waals surface area (Å²) in [6.07, 6.45) is 11.1. The molecule has 0 saturated heterocycles. The number of allylic oxidation sites excluding steroid dienone is 10. The first kappa shape index (κ1) is 42.1. The molecule has 4 rings (SSSR count). The minimum atomic E-state index is -0.311. The summed E-state index contributed by atoms with van der Waals surface area (Å²) in [5.74, 6) is 0.167. The molecule has 10 heteroatoms. The van der Waals surface area contributed by atoms with Gasteiger partial charge in [-0.15, -0.1) is 5.11 Å². The average Bonchev–Trinajstić information content (AvgIpc) is 3.01. The van der Waals surface area contributed by atoms with Crippen LogP contribution in [0, 0.1) is 21.7 Å². The summed E-state index contributed by atoms with van der Waals surface area (Å²) in [5.41, 5.74) is 6.64. The highest BCUT2D eigenvalue weighted by molar-refractivity contribution is 9.14. The third kappa shape index (κ3) is 9.52. The van der Waals surface area contributed by atoms with Gasteiger partial charge in [0.15, 0.2) is 11.6 Å². The lowest BCUT2D eigenvalue weighted by Gasteiger charge is -2.31. The van der Waals surface area contributed by atoms with Gasteiger partial charge < -0.3 is 0 Å². The fourth-order valence-electron chi connectivity index (χ4n) is 5.65. The molecule has 0 aliphatic heterocycles. The zero-order chi connectivity index (χ0) is 39.1. The van der Waals surface area contributed by atoms with Crippen molar-refractivity contribution in [2.75, 3.05) is 0 Å². The van der Waals surface area contributed by atoms with Crippen LogP contribution in [0.1, 0.15) is 83.1 Å². The highest BCUT2D eigenvalue weighted by Gasteiger charge is 2.35. The summed E-state index contributed by atoms with van der Waals surface area (Å²) in [6.45, 7) is 24.6. The first-order chi connectivity index (χ1) is 23.8. The van der Waals surface area contributed by atoms with E-state index in [1.807, 2.05) is 90.1 Å². The van der Waals surface area contributed by atoms with Gasteiger partial charge in [0.25, 0.3) is 0 Å². The van der Waals surface area contributed by atoms with Crippen LogP contribution in [0.25, 0.3) is 11.1 Å². The number of nitrogens with zero attached hydrogens (tertiary/aromatic N) is 4. The van der Waals surface area contributed by atoms with Crippen molar-refractivity contribution in [3.8, 4) is 11.1 Å². The number of azo groups is 2. The third-order valence-electron chi connectivity index (χ3n) is 8.60. The van der Waals surface area contributed by atoms with Gasteiger partial charge in [-0.05, 0) is 139 Å². The molecule has 0 fully saturated rings. The fraction of sp³-hybridized carbons (Fsp3) is 0.381. The molecule has 0 atom stereocenters. The molecular weight excluding hydrogens is 912 g/mol. The second-order valence-corrected chi connectivity index (χ2v) is 20.3. The van der Waals surface area contributed by atoms with E-state index in [-0.39, 0.29) is 33.2 Å². The van der Waals surface area contributed by atoms with Gasteiger partial charge >= 0.3 is 0 Å². The van der Waals surface area contributed by atoms with E-state index < -0.39 is 0 Å². The lowest BCUT2D eigenvalue weighted by molar-refractivity contribution is -0.114. The number of Topliss-reactive ketones (excluding diaryl/α,β-unsaturated/α-hetero) is 2. The first-order valence-electron chi connectivity index (χ1n) is 17.0. The summed E-state index contributed by atoms with van der Waals surface area (Å²) in [7, 11) is 0. The van der Waals surface area contributed by atoms with Crippen LogP contribution in [0.4, 0.5) is 11.4 Å². The molecule has 52 heavy (non-hydrogen) atoms. The van der Waals surface area contributed by atoms with Crippen LogP contribution < -0.4 is 0 Å². The zero-order valence-electron chi connectivity index (χ0n) is 31.9. The van der Waals surface area contributed by atoms with E-state index in [1.54, 1.807) is 12.4 Å². The Morgan fingerprint density at radius 2 is 0.808 bits per heavy atom. The molecule has 274 valence electrons. The number of hydrogen-bond acceptors (Lipinski definition) is 6. The minimum absolute atomic E-state index is 0.0777. The maximum atomic E-state index is 13.3. The molecule has 0 heterocycles.